The third-order valence-corrected chi connectivity index (χ3v) is 1.52. The third-order valence-electron chi connectivity index (χ3n) is 1.52. The fourth-order valence-corrected chi connectivity index (χ4v) is 0.790. The van der Waals surface area contributed by atoms with E-state index in [1.807, 2.05) is 0 Å². The van der Waals surface area contributed by atoms with Gasteiger partial charge in [0.2, 0.25) is 5.91 Å². The van der Waals surface area contributed by atoms with Crippen molar-refractivity contribution in [3.05, 3.63) is 37.1 Å². The molecule has 0 aromatic heterocycles. The molecule has 0 unspecified atom stereocenters. The van der Waals surface area contributed by atoms with Gasteiger partial charge in [-0.05, 0) is 12.2 Å². The largest absolute Gasteiger partial charge is 0.315 e. The van der Waals surface area contributed by atoms with Gasteiger partial charge in [0.25, 0.3) is 0 Å². The quantitative estimate of drug-likeness (QED) is 0.362. The second kappa shape index (κ2) is 5.94. The van der Waals surface area contributed by atoms with Crippen molar-refractivity contribution in [3.8, 4) is 0 Å². The van der Waals surface area contributed by atoms with Crippen LogP contribution in [0.2, 0.25) is 0 Å². The van der Waals surface area contributed by atoms with Crippen molar-refractivity contribution in [2.45, 2.75) is 6.42 Å². The van der Waals surface area contributed by atoms with E-state index in [4.69, 9.17) is 0 Å². The topological polar surface area (TPSA) is 37.4 Å². The van der Waals surface area contributed by atoms with Gasteiger partial charge >= 0.3 is 0 Å². The summed E-state index contributed by atoms with van der Waals surface area (Å²) in [5.41, 5.74) is 0.627. The smallest absolute Gasteiger partial charge is 0.233 e. The molecule has 0 saturated carbocycles. The molecule has 70 valence electrons. The van der Waals surface area contributed by atoms with Gasteiger partial charge in [0.05, 0.1) is 6.42 Å². The van der Waals surface area contributed by atoms with Gasteiger partial charge in [-0.15, -0.1) is 0 Å². The van der Waals surface area contributed by atoms with Crippen LogP contribution in [0.15, 0.2) is 37.1 Å². The van der Waals surface area contributed by atoms with Crippen LogP contribution in [0.25, 0.3) is 0 Å². The zero-order valence-electron chi connectivity index (χ0n) is 7.69. The van der Waals surface area contributed by atoms with Crippen LogP contribution in [-0.2, 0) is 9.59 Å². The zero-order valence-corrected chi connectivity index (χ0v) is 7.69. The van der Waals surface area contributed by atoms with Crippen LogP contribution in [-0.4, -0.2) is 24.1 Å². The molecular weight excluding hydrogens is 166 g/mol. The third kappa shape index (κ3) is 3.51. The van der Waals surface area contributed by atoms with E-state index in [0.717, 1.165) is 0 Å². The first-order valence-corrected chi connectivity index (χ1v) is 3.82. The Morgan fingerprint density at radius 3 is 2.46 bits per heavy atom. The van der Waals surface area contributed by atoms with E-state index in [0.29, 0.717) is 12.0 Å². The number of hydrogen-bond acceptors (Lipinski definition) is 2. The van der Waals surface area contributed by atoms with Crippen molar-refractivity contribution >= 4 is 12.2 Å². The lowest BCUT2D eigenvalue weighted by molar-refractivity contribution is -0.129. The van der Waals surface area contributed by atoms with Crippen LogP contribution in [0.3, 0.4) is 0 Å². The van der Waals surface area contributed by atoms with Gasteiger partial charge in [-0.3, -0.25) is 4.79 Å². The van der Waals surface area contributed by atoms with Gasteiger partial charge in [0.1, 0.15) is 6.29 Å². The Morgan fingerprint density at radius 1 is 1.46 bits per heavy atom. The lowest BCUT2D eigenvalue weighted by Crippen LogP contribution is -2.25. The first-order valence-electron chi connectivity index (χ1n) is 3.82. The maximum absolute atomic E-state index is 11.2. The van der Waals surface area contributed by atoms with Crippen LogP contribution in [0.4, 0.5) is 0 Å². The molecule has 0 aliphatic rings. The summed E-state index contributed by atoms with van der Waals surface area (Å²) in [5, 5.41) is 0. The maximum atomic E-state index is 11.2. The summed E-state index contributed by atoms with van der Waals surface area (Å²) in [5.74, 6) is -0.261. The summed E-state index contributed by atoms with van der Waals surface area (Å²) in [6.45, 7) is 7.05. The van der Waals surface area contributed by atoms with E-state index in [2.05, 4.69) is 13.2 Å². The molecule has 0 bridgehead atoms. The minimum absolute atomic E-state index is 0.112. The normalized spacial score (nSPS) is 10.4. The van der Waals surface area contributed by atoms with Gasteiger partial charge in [0, 0.05) is 12.7 Å². The highest BCUT2D eigenvalue weighted by Gasteiger charge is 2.09. The Kier molecular flexibility index (Phi) is 5.19. The molecule has 13 heavy (non-hydrogen) atoms. The number of nitrogens with zero attached hydrogens (tertiary/aromatic N) is 1. The van der Waals surface area contributed by atoms with Gasteiger partial charge in [-0.25, -0.2) is 0 Å². The molecule has 0 atom stereocenters. The van der Waals surface area contributed by atoms with Crippen molar-refractivity contribution in [3.63, 3.8) is 0 Å². The molecule has 0 N–H and O–H groups in total. The molecule has 0 heterocycles. The van der Waals surface area contributed by atoms with Crippen molar-refractivity contribution in [1.29, 1.82) is 0 Å². The Labute approximate surface area is 78.0 Å². The standard InChI is InChI=1S/C10H13NO2/c1-4-6-9(5-2)11(3)10(13)7-8-12/h4-6,8H,1-2,7H2,3H3/b9-6+. The lowest BCUT2D eigenvalue weighted by atomic mass is 10.3. The molecule has 0 aromatic rings. The number of allylic oxidation sites excluding steroid dienone is 3. The highest BCUT2D eigenvalue weighted by molar-refractivity contribution is 5.89. The van der Waals surface area contributed by atoms with E-state index in [9.17, 15) is 9.59 Å². The number of carbonyl (C=O) groups is 2. The van der Waals surface area contributed by atoms with E-state index >= 15 is 0 Å². The molecule has 0 aliphatic carbocycles. The van der Waals surface area contributed by atoms with E-state index in [1.54, 1.807) is 19.2 Å². The fraction of sp³-hybridized carbons (Fsp3) is 0.200. The predicted octanol–water partition coefficient (Wildman–Crippen LogP) is 1.29. The van der Waals surface area contributed by atoms with E-state index in [-0.39, 0.29) is 12.3 Å². The Bertz CT molecular complexity index is 254. The van der Waals surface area contributed by atoms with Crippen LogP contribution in [0, 0.1) is 0 Å². The highest BCUT2D eigenvalue weighted by atomic mass is 16.2. The zero-order chi connectivity index (χ0) is 10.3. The molecule has 0 spiro atoms. The lowest BCUT2D eigenvalue weighted by Gasteiger charge is -2.16. The van der Waals surface area contributed by atoms with Crippen molar-refractivity contribution in [1.82, 2.24) is 4.90 Å². The number of hydrogen-bond donors (Lipinski definition) is 0. The van der Waals surface area contributed by atoms with Crippen molar-refractivity contribution in [2.24, 2.45) is 0 Å². The highest BCUT2D eigenvalue weighted by Crippen LogP contribution is 2.04. The summed E-state index contributed by atoms with van der Waals surface area (Å²) in [4.78, 5) is 22.6. The average molecular weight is 179 g/mol. The summed E-state index contributed by atoms with van der Waals surface area (Å²) >= 11 is 0. The Balaban J connectivity index is 4.53. The molecule has 0 fully saturated rings. The molecule has 0 radical (unpaired) electrons. The predicted molar refractivity (Wildman–Crippen MR) is 51.9 cm³/mol. The van der Waals surface area contributed by atoms with E-state index in [1.165, 1.54) is 11.0 Å². The minimum atomic E-state index is -0.261. The Morgan fingerprint density at radius 2 is 2.08 bits per heavy atom. The first-order chi connectivity index (χ1) is 6.17. The molecule has 0 aromatic carbocycles. The maximum Gasteiger partial charge on any atom is 0.233 e. The number of carbonyl (C=O) groups excluding carboxylic acids is 2. The van der Waals surface area contributed by atoms with Gasteiger partial charge in [-0.1, -0.05) is 19.2 Å². The molecule has 3 nitrogen and oxygen atoms in total. The number of aldehydes is 1. The summed E-state index contributed by atoms with van der Waals surface area (Å²) in [6, 6.07) is 0. The van der Waals surface area contributed by atoms with Gasteiger partial charge in [0.15, 0.2) is 0 Å². The van der Waals surface area contributed by atoms with Crippen LogP contribution >= 0.6 is 0 Å². The first kappa shape index (κ1) is 11.4. The Hall–Kier alpha value is -1.64. The molecule has 3 heteroatoms. The summed E-state index contributed by atoms with van der Waals surface area (Å²) < 4.78 is 0. The van der Waals surface area contributed by atoms with Gasteiger partial charge in [-0.2, -0.15) is 0 Å². The SMILES string of the molecule is C=C/C=C(\C=C)N(C)C(=O)CC=O. The molecule has 0 aliphatic heterocycles. The molecule has 0 rings (SSSR count). The second-order valence-electron chi connectivity index (χ2n) is 2.35. The van der Waals surface area contributed by atoms with Crippen molar-refractivity contribution < 1.29 is 9.59 Å². The fourth-order valence-electron chi connectivity index (χ4n) is 0.790. The van der Waals surface area contributed by atoms with Crippen LogP contribution in [0.5, 0.6) is 0 Å². The monoisotopic (exact) mass is 179 g/mol. The summed E-state index contributed by atoms with van der Waals surface area (Å²) in [7, 11) is 1.59. The number of likely N-dealkylation sites (N-methyl/N-ethyl adjacent to an activating group) is 1. The van der Waals surface area contributed by atoms with Gasteiger partial charge < -0.3 is 9.69 Å². The average Bonchev–Trinajstić information content (AvgIpc) is 2.13. The van der Waals surface area contributed by atoms with Crippen LogP contribution < -0.4 is 0 Å². The second-order valence-corrected chi connectivity index (χ2v) is 2.35. The van der Waals surface area contributed by atoms with E-state index < -0.39 is 0 Å². The molecule has 1 amide bonds. The molecular formula is C10H13NO2. The number of amides is 1. The molecule has 0 saturated heterocycles. The summed E-state index contributed by atoms with van der Waals surface area (Å²) in [6.07, 6.45) is 5.20. The minimum Gasteiger partial charge on any atom is -0.315 e. The number of rotatable bonds is 5. The van der Waals surface area contributed by atoms with Crippen LogP contribution in [0.1, 0.15) is 6.42 Å². The van der Waals surface area contributed by atoms with Crippen molar-refractivity contribution in [2.75, 3.05) is 7.05 Å².